The van der Waals surface area contributed by atoms with Gasteiger partial charge in [0.2, 0.25) is 0 Å². The summed E-state index contributed by atoms with van der Waals surface area (Å²) < 4.78 is 4.71. The van der Waals surface area contributed by atoms with Crippen molar-refractivity contribution in [1.29, 1.82) is 0 Å². The molecule has 0 unspecified atom stereocenters. The highest BCUT2D eigenvalue weighted by atomic mass is 35.5. The molecule has 0 bridgehead atoms. The minimum absolute atomic E-state index is 0.464. The van der Waals surface area contributed by atoms with E-state index in [1.807, 2.05) is 24.3 Å². The molecule has 0 N–H and O–H groups in total. The van der Waals surface area contributed by atoms with Crippen LogP contribution in [0.3, 0.4) is 0 Å². The van der Waals surface area contributed by atoms with Crippen LogP contribution in [0.25, 0.3) is 0 Å². The van der Waals surface area contributed by atoms with Crippen molar-refractivity contribution in [3.8, 4) is 0 Å². The second-order valence-corrected chi connectivity index (χ2v) is 5.21. The fourth-order valence-corrected chi connectivity index (χ4v) is 3.17. The van der Waals surface area contributed by atoms with Crippen LogP contribution in [-0.4, -0.2) is 4.37 Å². The van der Waals surface area contributed by atoms with E-state index in [0.29, 0.717) is 11.0 Å². The fourth-order valence-electron chi connectivity index (χ4n) is 1.00. The summed E-state index contributed by atoms with van der Waals surface area (Å²) in [6.45, 7) is 0. The van der Waals surface area contributed by atoms with Crippen LogP contribution in [0.2, 0.25) is 5.15 Å². The molecule has 0 aliphatic rings. The molecule has 0 aliphatic carbocycles. The van der Waals surface area contributed by atoms with Gasteiger partial charge in [-0.1, -0.05) is 23.7 Å². The van der Waals surface area contributed by atoms with Crippen molar-refractivity contribution in [2.75, 3.05) is 0 Å². The van der Waals surface area contributed by atoms with Crippen LogP contribution in [0.15, 0.2) is 29.3 Å². The summed E-state index contributed by atoms with van der Waals surface area (Å²) in [5.74, 6) is 0.518. The number of halogens is 2. The topological polar surface area (TPSA) is 25.2 Å². The average molecular weight is 277 g/mol. The van der Waals surface area contributed by atoms with Gasteiger partial charge < -0.3 is 0 Å². The molecule has 1 heterocycles. The Kier molecular flexibility index (Phi) is 3.75. The summed E-state index contributed by atoms with van der Waals surface area (Å²) in [4.78, 5) is 4.37. The van der Waals surface area contributed by atoms with Gasteiger partial charge in [0.1, 0.15) is 0 Å². The summed E-state index contributed by atoms with van der Waals surface area (Å²) in [5.41, 5.74) is 1.94. The molecule has 15 heavy (non-hydrogen) atoms. The molecule has 6 heteroatoms. The van der Waals surface area contributed by atoms with Crippen LogP contribution in [0, 0.1) is 0 Å². The third-order valence-electron chi connectivity index (χ3n) is 1.73. The van der Waals surface area contributed by atoms with Gasteiger partial charge in [0.15, 0.2) is 9.82 Å². The van der Waals surface area contributed by atoms with Gasteiger partial charge in [-0.05, 0) is 28.0 Å². The molecule has 78 valence electrons. The van der Waals surface area contributed by atoms with Gasteiger partial charge in [0, 0.05) is 16.4 Å². The Morgan fingerprint density at radius 2 is 2.00 bits per heavy atom. The molecule has 0 fully saturated rings. The zero-order valence-corrected chi connectivity index (χ0v) is 10.6. The van der Waals surface area contributed by atoms with Gasteiger partial charge >= 0.3 is 0 Å². The minimum Gasteiger partial charge on any atom is -0.234 e. The predicted molar refractivity (Wildman–Crippen MR) is 66.2 cm³/mol. The fraction of sp³-hybridized carbons (Fsp3) is 0.111. The van der Waals surface area contributed by atoms with Crippen LogP contribution in [0.5, 0.6) is 0 Å². The number of hydrogen-bond acceptors (Lipinski definition) is 4. The van der Waals surface area contributed by atoms with Crippen molar-refractivity contribution >= 4 is 49.8 Å². The number of aromatic nitrogens is 1. The molecular formula is C9H6Cl2N2S2. The Hall–Kier alpha value is -0.420. The van der Waals surface area contributed by atoms with Crippen LogP contribution in [0.4, 0.5) is 5.69 Å². The Morgan fingerprint density at radius 1 is 1.27 bits per heavy atom. The highest BCUT2D eigenvalue weighted by Gasteiger charge is 1.97. The first-order valence-electron chi connectivity index (χ1n) is 4.11. The van der Waals surface area contributed by atoms with Crippen molar-refractivity contribution in [2.45, 2.75) is 5.88 Å². The summed E-state index contributed by atoms with van der Waals surface area (Å²) in [5, 5.41) is 0.464. The first-order chi connectivity index (χ1) is 7.29. The Bertz CT molecular complexity index is 501. The van der Waals surface area contributed by atoms with E-state index in [-0.39, 0.29) is 0 Å². The Labute approximate surface area is 104 Å². The summed E-state index contributed by atoms with van der Waals surface area (Å²) in [6.07, 6.45) is 0. The maximum atomic E-state index is 5.84. The normalized spacial score (nSPS) is 12.0. The van der Waals surface area contributed by atoms with Crippen LogP contribution < -0.4 is 4.67 Å². The van der Waals surface area contributed by atoms with Gasteiger partial charge in [0.05, 0.1) is 5.69 Å². The largest absolute Gasteiger partial charge is 0.234 e. The van der Waals surface area contributed by atoms with Gasteiger partial charge in [-0.25, -0.2) is 4.99 Å². The lowest BCUT2D eigenvalue weighted by atomic mass is 10.2. The summed E-state index contributed by atoms with van der Waals surface area (Å²) in [6, 6.07) is 7.73. The van der Waals surface area contributed by atoms with E-state index in [1.165, 1.54) is 20.9 Å². The molecule has 1 aromatic carbocycles. The molecule has 0 spiro atoms. The lowest BCUT2D eigenvalue weighted by molar-refractivity contribution is 1.34. The first kappa shape index (κ1) is 11.1. The van der Waals surface area contributed by atoms with E-state index < -0.39 is 0 Å². The molecule has 0 saturated heterocycles. The monoisotopic (exact) mass is 276 g/mol. The highest BCUT2D eigenvalue weighted by molar-refractivity contribution is 7.66. The highest BCUT2D eigenvalue weighted by Crippen LogP contribution is 2.15. The Morgan fingerprint density at radius 3 is 2.53 bits per heavy atom. The maximum Gasteiger partial charge on any atom is 0.179 e. The summed E-state index contributed by atoms with van der Waals surface area (Å²) in [7, 11) is 2.80. The van der Waals surface area contributed by atoms with Crippen LogP contribution in [-0.2, 0) is 5.88 Å². The van der Waals surface area contributed by atoms with E-state index in [0.717, 1.165) is 15.9 Å². The molecule has 2 aromatic rings. The molecule has 2 nitrogen and oxygen atoms in total. The molecule has 0 radical (unpaired) electrons. The molecule has 1 aromatic heterocycles. The minimum atomic E-state index is 0.464. The molecule has 0 saturated carbocycles. The predicted octanol–water partition coefficient (Wildman–Crippen LogP) is 3.83. The van der Waals surface area contributed by atoms with Crippen molar-refractivity contribution < 1.29 is 0 Å². The van der Waals surface area contributed by atoms with E-state index in [2.05, 4.69) is 9.37 Å². The Balaban J connectivity index is 2.36. The number of alkyl halides is 1. The molecule has 2 rings (SSSR count). The van der Waals surface area contributed by atoms with Gasteiger partial charge in [-0.2, -0.15) is 4.37 Å². The molecule has 0 atom stereocenters. The maximum absolute atomic E-state index is 5.84. The van der Waals surface area contributed by atoms with Gasteiger partial charge in [-0.3, -0.25) is 0 Å². The smallest absolute Gasteiger partial charge is 0.179 e. The SMILES string of the molecule is ClCc1ccc(/N=c2/ssnc2Cl)cc1. The van der Waals surface area contributed by atoms with E-state index >= 15 is 0 Å². The van der Waals surface area contributed by atoms with Crippen LogP contribution >= 0.6 is 44.1 Å². The quantitative estimate of drug-likeness (QED) is 0.605. The zero-order valence-electron chi connectivity index (χ0n) is 7.48. The number of rotatable bonds is 2. The lowest BCUT2D eigenvalue weighted by Crippen LogP contribution is -1.92. The number of benzene rings is 1. The van der Waals surface area contributed by atoms with E-state index in [9.17, 15) is 0 Å². The molecule has 0 aliphatic heterocycles. The van der Waals surface area contributed by atoms with Gasteiger partial charge in [0.25, 0.3) is 0 Å². The average Bonchev–Trinajstić information content (AvgIpc) is 2.66. The second kappa shape index (κ2) is 5.07. The van der Waals surface area contributed by atoms with Crippen molar-refractivity contribution in [1.82, 2.24) is 4.37 Å². The first-order valence-corrected chi connectivity index (χ1v) is 7.12. The third kappa shape index (κ3) is 2.78. The molecule has 0 amide bonds. The van der Waals surface area contributed by atoms with Gasteiger partial charge in [-0.15, -0.1) is 11.6 Å². The number of hydrogen-bond donors (Lipinski definition) is 0. The standard InChI is InChI=1S/C9H6Cl2N2S2/c10-5-6-1-3-7(4-2-6)12-9-8(11)13-15-14-9/h1-4H,5H2/b12-9+. The zero-order chi connectivity index (χ0) is 10.7. The second-order valence-electron chi connectivity index (χ2n) is 2.76. The third-order valence-corrected chi connectivity index (χ3v) is 4.21. The summed E-state index contributed by atoms with van der Waals surface area (Å²) >= 11 is 11.5. The van der Waals surface area contributed by atoms with Crippen molar-refractivity contribution in [2.24, 2.45) is 4.99 Å². The van der Waals surface area contributed by atoms with E-state index in [1.54, 1.807) is 0 Å². The molecular weight excluding hydrogens is 271 g/mol. The van der Waals surface area contributed by atoms with Crippen molar-refractivity contribution in [3.05, 3.63) is 39.7 Å². The number of nitrogens with zero attached hydrogens (tertiary/aromatic N) is 2. The van der Waals surface area contributed by atoms with Crippen molar-refractivity contribution in [3.63, 3.8) is 0 Å². The van der Waals surface area contributed by atoms with Crippen LogP contribution in [0.1, 0.15) is 5.56 Å². The van der Waals surface area contributed by atoms with E-state index in [4.69, 9.17) is 23.2 Å². The lowest BCUT2D eigenvalue weighted by Gasteiger charge is -1.94.